The largest absolute Gasteiger partial charge is 0.336 e. The van der Waals surface area contributed by atoms with Crippen LogP contribution in [0.1, 0.15) is 11.1 Å². The van der Waals surface area contributed by atoms with E-state index < -0.39 is 0 Å². The Morgan fingerprint density at radius 3 is 1.23 bits per heavy atom. The maximum atomic E-state index is 12.5. The van der Waals surface area contributed by atoms with Crippen LogP contribution < -0.4 is 0 Å². The van der Waals surface area contributed by atoms with Gasteiger partial charge in [0.05, 0.1) is 0 Å². The van der Waals surface area contributed by atoms with Crippen molar-refractivity contribution in [1.82, 2.24) is 9.80 Å². The first-order valence-corrected chi connectivity index (χ1v) is 10.7. The van der Waals surface area contributed by atoms with Crippen LogP contribution in [0.3, 0.4) is 0 Å². The number of benzene rings is 2. The minimum atomic E-state index is -0.156. The summed E-state index contributed by atoms with van der Waals surface area (Å²) < 4.78 is 0. The van der Waals surface area contributed by atoms with Crippen molar-refractivity contribution in [3.8, 4) is 0 Å². The fourth-order valence-corrected chi connectivity index (χ4v) is 4.05. The summed E-state index contributed by atoms with van der Waals surface area (Å²) >= 11 is 24.5. The fourth-order valence-electron chi connectivity index (χ4n) is 3.01. The van der Waals surface area contributed by atoms with Gasteiger partial charge in [-0.25, -0.2) is 0 Å². The summed E-state index contributed by atoms with van der Waals surface area (Å²) in [7, 11) is 0. The normalized spacial score (nSPS) is 14.7. The van der Waals surface area contributed by atoms with E-state index in [1.165, 1.54) is 12.2 Å². The third-order valence-electron chi connectivity index (χ3n) is 4.69. The SMILES string of the molecule is O=C(/C=C/c1c(Cl)cccc1Cl)N1CCN(C(=O)/C=C/c2c(Cl)cccc2Cl)CC1. The van der Waals surface area contributed by atoms with Crippen LogP contribution in [-0.4, -0.2) is 47.8 Å². The number of carbonyl (C=O) groups is 2. The fraction of sp³-hybridized carbons (Fsp3) is 0.182. The topological polar surface area (TPSA) is 40.6 Å². The Morgan fingerprint density at radius 2 is 0.933 bits per heavy atom. The highest BCUT2D eigenvalue weighted by atomic mass is 35.5. The van der Waals surface area contributed by atoms with Crippen LogP contribution in [0.2, 0.25) is 20.1 Å². The van der Waals surface area contributed by atoms with Gasteiger partial charge >= 0.3 is 0 Å². The van der Waals surface area contributed by atoms with Crippen molar-refractivity contribution in [3.63, 3.8) is 0 Å². The van der Waals surface area contributed by atoms with E-state index in [1.54, 1.807) is 58.4 Å². The minimum absolute atomic E-state index is 0.156. The Kier molecular flexibility index (Phi) is 7.84. The Labute approximate surface area is 195 Å². The van der Waals surface area contributed by atoms with Crippen LogP contribution in [0.5, 0.6) is 0 Å². The number of nitrogens with zero attached hydrogens (tertiary/aromatic N) is 2. The summed E-state index contributed by atoms with van der Waals surface area (Å²) in [6.07, 6.45) is 6.12. The van der Waals surface area contributed by atoms with Crippen molar-refractivity contribution >= 4 is 70.4 Å². The van der Waals surface area contributed by atoms with Gasteiger partial charge in [-0.2, -0.15) is 0 Å². The first kappa shape index (κ1) is 22.7. The van der Waals surface area contributed by atoms with Gasteiger partial charge < -0.3 is 9.80 Å². The number of hydrogen-bond donors (Lipinski definition) is 0. The van der Waals surface area contributed by atoms with Crippen molar-refractivity contribution in [2.45, 2.75) is 0 Å². The van der Waals surface area contributed by atoms with Crippen LogP contribution >= 0.6 is 46.4 Å². The highest BCUT2D eigenvalue weighted by Crippen LogP contribution is 2.26. The second-order valence-electron chi connectivity index (χ2n) is 6.59. The number of amides is 2. The van der Waals surface area contributed by atoms with Gasteiger partial charge in [0.2, 0.25) is 11.8 Å². The molecule has 3 rings (SSSR count). The van der Waals surface area contributed by atoms with Crippen LogP contribution in [-0.2, 0) is 9.59 Å². The third-order valence-corrected chi connectivity index (χ3v) is 6.01. The number of hydrogen-bond acceptors (Lipinski definition) is 2. The quantitative estimate of drug-likeness (QED) is 0.523. The lowest BCUT2D eigenvalue weighted by atomic mass is 10.2. The van der Waals surface area contributed by atoms with Crippen molar-refractivity contribution in [3.05, 3.63) is 79.8 Å². The molecule has 0 aromatic heterocycles. The molecule has 1 aliphatic heterocycles. The van der Waals surface area contributed by atoms with Gasteiger partial charge in [0.25, 0.3) is 0 Å². The van der Waals surface area contributed by atoms with E-state index >= 15 is 0 Å². The van der Waals surface area contributed by atoms with Crippen molar-refractivity contribution in [2.24, 2.45) is 0 Å². The van der Waals surface area contributed by atoms with Gasteiger partial charge in [-0.1, -0.05) is 58.5 Å². The average Bonchev–Trinajstić information content (AvgIpc) is 2.73. The number of rotatable bonds is 4. The van der Waals surface area contributed by atoms with Crippen molar-refractivity contribution in [2.75, 3.05) is 26.2 Å². The molecule has 0 spiro atoms. The predicted octanol–water partition coefficient (Wildman–Crippen LogP) is 5.70. The van der Waals surface area contributed by atoms with E-state index in [4.69, 9.17) is 46.4 Å². The zero-order valence-corrected chi connectivity index (χ0v) is 18.8. The Bertz CT molecular complexity index is 890. The number of halogens is 4. The minimum Gasteiger partial charge on any atom is -0.336 e. The molecule has 1 fully saturated rings. The molecule has 0 radical (unpaired) electrons. The number of piperazine rings is 1. The van der Waals surface area contributed by atoms with Gasteiger partial charge in [0.15, 0.2) is 0 Å². The number of carbonyl (C=O) groups excluding carboxylic acids is 2. The molecule has 0 N–H and O–H groups in total. The lowest BCUT2D eigenvalue weighted by Gasteiger charge is -2.33. The zero-order valence-electron chi connectivity index (χ0n) is 15.8. The molecule has 1 heterocycles. The molecule has 2 aromatic rings. The smallest absolute Gasteiger partial charge is 0.246 e. The van der Waals surface area contributed by atoms with Gasteiger partial charge in [-0.15, -0.1) is 0 Å². The molecule has 0 unspecified atom stereocenters. The molecule has 2 amide bonds. The average molecular weight is 484 g/mol. The molecular formula is C22H18Cl4N2O2. The van der Waals surface area contributed by atoms with Crippen LogP contribution in [0.15, 0.2) is 48.6 Å². The van der Waals surface area contributed by atoms with E-state index in [0.29, 0.717) is 57.4 Å². The monoisotopic (exact) mass is 482 g/mol. The molecule has 0 aliphatic carbocycles. The second-order valence-corrected chi connectivity index (χ2v) is 8.22. The maximum absolute atomic E-state index is 12.5. The van der Waals surface area contributed by atoms with Gasteiger partial charge in [-0.05, 0) is 36.4 Å². The Morgan fingerprint density at radius 1 is 0.633 bits per heavy atom. The Hall–Kier alpha value is -1.98. The molecule has 0 atom stereocenters. The summed E-state index contributed by atoms with van der Waals surface area (Å²) in [5, 5.41) is 1.92. The van der Waals surface area contributed by atoms with Gasteiger partial charge in [0, 0.05) is 69.5 Å². The summed E-state index contributed by atoms with van der Waals surface area (Å²) in [5.41, 5.74) is 1.21. The molecule has 0 saturated carbocycles. The highest BCUT2D eigenvalue weighted by Gasteiger charge is 2.22. The van der Waals surface area contributed by atoms with Crippen molar-refractivity contribution < 1.29 is 9.59 Å². The van der Waals surface area contributed by atoms with Gasteiger partial charge in [0.1, 0.15) is 0 Å². The molecule has 4 nitrogen and oxygen atoms in total. The lowest BCUT2D eigenvalue weighted by molar-refractivity contribution is -0.133. The molecule has 2 aromatic carbocycles. The molecule has 1 saturated heterocycles. The molecule has 30 heavy (non-hydrogen) atoms. The summed E-state index contributed by atoms with van der Waals surface area (Å²) in [4.78, 5) is 28.3. The van der Waals surface area contributed by atoms with E-state index in [0.717, 1.165) is 0 Å². The molecule has 0 bridgehead atoms. The third kappa shape index (κ3) is 5.58. The summed E-state index contributed by atoms with van der Waals surface area (Å²) in [5.74, 6) is -0.312. The molecule has 1 aliphatic rings. The lowest BCUT2D eigenvalue weighted by Crippen LogP contribution is -2.49. The molecule has 156 valence electrons. The maximum Gasteiger partial charge on any atom is 0.246 e. The highest BCUT2D eigenvalue weighted by molar-refractivity contribution is 6.37. The summed E-state index contributed by atoms with van der Waals surface area (Å²) in [6, 6.07) is 10.3. The van der Waals surface area contributed by atoms with E-state index in [-0.39, 0.29) is 11.8 Å². The standard InChI is InChI=1S/C22H18Cl4N2O2/c23-17-3-1-4-18(24)15(17)7-9-21(29)27-11-13-28(14-12-27)22(30)10-8-16-19(25)5-2-6-20(16)26/h1-10H,11-14H2/b9-7+,10-8+. The second kappa shape index (κ2) is 10.4. The van der Waals surface area contributed by atoms with Gasteiger partial charge in [-0.3, -0.25) is 9.59 Å². The van der Waals surface area contributed by atoms with E-state index in [1.807, 2.05) is 0 Å². The van der Waals surface area contributed by atoms with Crippen LogP contribution in [0.25, 0.3) is 12.2 Å². The Balaban J connectivity index is 1.56. The predicted molar refractivity (Wildman–Crippen MR) is 124 cm³/mol. The molecule has 8 heteroatoms. The first-order chi connectivity index (χ1) is 14.4. The van der Waals surface area contributed by atoms with Crippen molar-refractivity contribution in [1.29, 1.82) is 0 Å². The zero-order chi connectivity index (χ0) is 21.7. The van der Waals surface area contributed by atoms with E-state index in [9.17, 15) is 9.59 Å². The molecular weight excluding hydrogens is 466 g/mol. The van der Waals surface area contributed by atoms with Crippen LogP contribution in [0, 0.1) is 0 Å². The summed E-state index contributed by atoms with van der Waals surface area (Å²) in [6.45, 7) is 1.75. The van der Waals surface area contributed by atoms with Crippen LogP contribution in [0.4, 0.5) is 0 Å². The van der Waals surface area contributed by atoms with E-state index in [2.05, 4.69) is 0 Å². The first-order valence-electron chi connectivity index (χ1n) is 9.19.